The van der Waals surface area contributed by atoms with E-state index in [1.165, 1.54) is 0 Å². The summed E-state index contributed by atoms with van der Waals surface area (Å²) in [4.78, 5) is 24.5. The fourth-order valence-electron chi connectivity index (χ4n) is 3.22. The zero-order chi connectivity index (χ0) is 18.4. The zero-order valence-corrected chi connectivity index (χ0v) is 15.3. The highest BCUT2D eigenvalue weighted by molar-refractivity contribution is 6.30. The Morgan fingerprint density at radius 3 is 2.35 bits per heavy atom. The van der Waals surface area contributed by atoms with Gasteiger partial charge in [0.1, 0.15) is 0 Å². The van der Waals surface area contributed by atoms with Crippen LogP contribution in [0.15, 0.2) is 54.6 Å². The third kappa shape index (κ3) is 4.25. The number of esters is 1. The lowest BCUT2D eigenvalue weighted by molar-refractivity contribution is -0.157. The van der Waals surface area contributed by atoms with E-state index in [0.717, 1.165) is 36.8 Å². The Morgan fingerprint density at radius 2 is 1.73 bits per heavy atom. The molecule has 1 aliphatic carbocycles. The van der Waals surface area contributed by atoms with Crippen LogP contribution >= 0.6 is 11.6 Å². The number of nitrogens with one attached hydrogen (secondary N) is 1. The van der Waals surface area contributed by atoms with Crippen molar-refractivity contribution in [2.75, 3.05) is 13.2 Å². The molecule has 2 aromatic rings. The van der Waals surface area contributed by atoms with Gasteiger partial charge in [-0.15, -0.1) is 0 Å². The number of hydrogen-bond acceptors (Lipinski definition) is 3. The molecule has 1 aliphatic rings. The Hall–Kier alpha value is -2.33. The zero-order valence-electron chi connectivity index (χ0n) is 14.5. The van der Waals surface area contributed by atoms with Crippen molar-refractivity contribution in [3.8, 4) is 0 Å². The molecule has 0 saturated heterocycles. The van der Waals surface area contributed by atoms with E-state index in [9.17, 15) is 9.59 Å². The minimum Gasteiger partial charge on any atom is -0.455 e. The molecule has 1 N–H and O–H groups in total. The molecule has 0 aliphatic heterocycles. The van der Waals surface area contributed by atoms with E-state index in [1.54, 1.807) is 12.1 Å². The standard InChI is InChI=1S/C21H22ClNO3/c22-18-9-7-17(8-10-18)21(12-4-13-21)20(25)26-15-19(24)23-14-11-16-5-2-1-3-6-16/h1-3,5-10H,4,11-15H2,(H,23,24). The first-order valence-corrected chi connectivity index (χ1v) is 9.22. The van der Waals surface area contributed by atoms with E-state index in [0.29, 0.717) is 11.6 Å². The molecule has 0 heterocycles. The Balaban J connectivity index is 1.48. The lowest BCUT2D eigenvalue weighted by Gasteiger charge is -2.39. The van der Waals surface area contributed by atoms with Crippen molar-refractivity contribution in [2.45, 2.75) is 31.1 Å². The summed E-state index contributed by atoms with van der Waals surface area (Å²) < 4.78 is 5.31. The molecular weight excluding hydrogens is 350 g/mol. The maximum Gasteiger partial charge on any atom is 0.317 e. The Morgan fingerprint density at radius 1 is 1.04 bits per heavy atom. The maximum atomic E-state index is 12.6. The Kier molecular flexibility index (Phi) is 5.94. The Labute approximate surface area is 158 Å². The normalized spacial score (nSPS) is 15.0. The quantitative estimate of drug-likeness (QED) is 0.755. The summed E-state index contributed by atoms with van der Waals surface area (Å²) in [6.07, 6.45) is 3.20. The predicted octanol–water partition coefficient (Wildman–Crippen LogP) is 3.66. The summed E-state index contributed by atoms with van der Waals surface area (Å²) in [5.74, 6) is -0.607. The highest BCUT2D eigenvalue weighted by atomic mass is 35.5. The third-order valence-corrected chi connectivity index (χ3v) is 5.16. The van der Waals surface area contributed by atoms with E-state index in [1.807, 2.05) is 42.5 Å². The highest BCUT2D eigenvalue weighted by Crippen LogP contribution is 2.45. The highest BCUT2D eigenvalue weighted by Gasteiger charge is 2.47. The number of carbonyl (C=O) groups is 2. The Bertz CT molecular complexity index is 755. The van der Waals surface area contributed by atoms with Crippen molar-refractivity contribution < 1.29 is 14.3 Å². The molecule has 1 fully saturated rings. The number of halogens is 1. The van der Waals surface area contributed by atoms with E-state index >= 15 is 0 Å². The van der Waals surface area contributed by atoms with Gasteiger partial charge in [-0.05, 0) is 42.5 Å². The molecule has 0 bridgehead atoms. The van der Waals surface area contributed by atoms with Crippen molar-refractivity contribution in [3.05, 3.63) is 70.7 Å². The number of amides is 1. The van der Waals surface area contributed by atoms with Crippen molar-refractivity contribution >= 4 is 23.5 Å². The van der Waals surface area contributed by atoms with Crippen LogP contribution in [0.2, 0.25) is 5.02 Å². The second kappa shape index (κ2) is 8.37. The third-order valence-electron chi connectivity index (χ3n) is 4.91. The van der Waals surface area contributed by atoms with Crippen molar-refractivity contribution in [1.29, 1.82) is 0 Å². The number of hydrogen-bond donors (Lipinski definition) is 1. The number of benzene rings is 2. The first kappa shape index (κ1) is 18.5. The maximum absolute atomic E-state index is 12.6. The van der Waals surface area contributed by atoms with E-state index < -0.39 is 5.41 Å². The van der Waals surface area contributed by atoms with Gasteiger partial charge in [0, 0.05) is 11.6 Å². The van der Waals surface area contributed by atoms with Crippen LogP contribution < -0.4 is 5.32 Å². The molecule has 3 rings (SSSR count). The second-order valence-corrected chi connectivity index (χ2v) is 7.04. The van der Waals surface area contributed by atoms with E-state index in [2.05, 4.69) is 5.32 Å². The molecule has 2 aromatic carbocycles. The molecule has 0 spiro atoms. The molecule has 136 valence electrons. The van der Waals surface area contributed by atoms with Crippen molar-refractivity contribution in [1.82, 2.24) is 5.32 Å². The predicted molar refractivity (Wildman–Crippen MR) is 101 cm³/mol. The number of carbonyl (C=O) groups excluding carboxylic acids is 2. The fraction of sp³-hybridized carbons (Fsp3) is 0.333. The molecule has 0 radical (unpaired) electrons. The largest absolute Gasteiger partial charge is 0.455 e. The van der Waals surface area contributed by atoms with Crippen LogP contribution in [0.25, 0.3) is 0 Å². The van der Waals surface area contributed by atoms with E-state index in [-0.39, 0.29) is 18.5 Å². The van der Waals surface area contributed by atoms with Crippen LogP contribution in [-0.4, -0.2) is 25.0 Å². The molecule has 26 heavy (non-hydrogen) atoms. The van der Waals surface area contributed by atoms with Gasteiger partial charge in [-0.2, -0.15) is 0 Å². The van der Waals surface area contributed by atoms with Gasteiger partial charge in [-0.1, -0.05) is 60.5 Å². The number of rotatable bonds is 7. The minimum absolute atomic E-state index is 0.247. The second-order valence-electron chi connectivity index (χ2n) is 6.60. The lowest BCUT2D eigenvalue weighted by Crippen LogP contribution is -2.45. The van der Waals surface area contributed by atoms with Crippen LogP contribution in [0.5, 0.6) is 0 Å². The van der Waals surface area contributed by atoms with Gasteiger partial charge in [-0.25, -0.2) is 0 Å². The molecule has 0 unspecified atom stereocenters. The molecule has 0 aromatic heterocycles. The SMILES string of the molecule is O=C(COC(=O)C1(c2ccc(Cl)cc2)CCC1)NCCc1ccccc1. The molecule has 5 heteroatoms. The molecule has 1 amide bonds. The van der Waals surface area contributed by atoms with Gasteiger partial charge in [0.25, 0.3) is 5.91 Å². The average molecular weight is 372 g/mol. The molecule has 0 atom stereocenters. The lowest BCUT2D eigenvalue weighted by atomic mass is 9.64. The topological polar surface area (TPSA) is 55.4 Å². The van der Waals surface area contributed by atoms with Crippen LogP contribution in [0.1, 0.15) is 30.4 Å². The molecule has 4 nitrogen and oxygen atoms in total. The first-order chi connectivity index (χ1) is 12.6. The summed E-state index contributed by atoms with van der Waals surface area (Å²) in [5.41, 5.74) is 1.43. The summed E-state index contributed by atoms with van der Waals surface area (Å²) >= 11 is 5.93. The van der Waals surface area contributed by atoms with Crippen molar-refractivity contribution in [3.63, 3.8) is 0 Å². The van der Waals surface area contributed by atoms with Gasteiger partial charge >= 0.3 is 5.97 Å². The van der Waals surface area contributed by atoms with Crippen LogP contribution in [-0.2, 0) is 26.2 Å². The van der Waals surface area contributed by atoms with Crippen LogP contribution in [0.3, 0.4) is 0 Å². The van der Waals surface area contributed by atoms with Gasteiger partial charge < -0.3 is 10.1 Å². The van der Waals surface area contributed by atoms with Crippen molar-refractivity contribution in [2.24, 2.45) is 0 Å². The minimum atomic E-state index is -0.630. The molecule has 1 saturated carbocycles. The number of ether oxygens (including phenoxy) is 1. The summed E-state index contributed by atoms with van der Waals surface area (Å²) in [6.45, 7) is 0.270. The summed E-state index contributed by atoms with van der Waals surface area (Å²) in [5, 5.41) is 3.42. The smallest absolute Gasteiger partial charge is 0.317 e. The average Bonchev–Trinajstić information content (AvgIpc) is 2.61. The molecular formula is C21H22ClNO3. The van der Waals surface area contributed by atoms with Crippen LogP contribution in [0.4, 0.5) is 0 Å². The van der Waals surface area contributed by atoms with E-state index in [4.69, 9.17) is 16.3 Å². The van der Waals surface area contributed by atoms with Gasteiger partial charge in [0.05, 0.1) is 5.41 Å². The monoisotopic (exact) mass is 371 g/mol. The van der Waals surface area contributed by atoms with Gasteiger partial charge in [0.2, 0.25) is 0 Å². The van der Waals surface area contributed by atoms with Crippen LogP contribution in [0, 0.1) is 0 Å². The first-order valence-electron chi connectivity index (χ1n) is 8.84. The van der Waals surface area contributed by atoms with Gasteiger partial charge in [0.15, 0.2) is 6.61 Å². The summed E-state index contributed by atoms with van der Waals surface area (Å²) in [7, 11) is 0. The van der Waals surface area contributed by atoms with Gasteiger partial charge in [-0.3, -0.25) is 9.59 Å². The summed E-state index contributed by atoms with van der Waals surface area (Å²) in [6, 6.07) is 17.2. The fourth-order valence-corrected chi connectivity index (χ4v) is 3.35.